The average molecular weight is 339 g/mol. The lowest BCUT2D eigenvalue weighted by atomic mass is 10.1. The fraction of sp³-hybridized carbons (Fsp3) is 0.316. The first-order chi connectivity index (χ1) is 12.2. The quantitative estimate of drug-likeness (QED) is 0.929. The number of benzene rings is 1. The number of amides is 2. The average Bonchev–Trinajstić information content (AvgIpc) is 2.68. The molecule has 2 heterocycles. The summed E-state index contributed by atoms with van der Waals surface area (Å²) in [4.78, 5) is 31.0. The van der Waals surface area contributed by atoms with Gasteiger partial charge in [0.25, 0.3) is 11.8 Å². The van der Waals surface area contributed by atoms with Gasteiger partial charge >= 0.3 is 0 Å². The van der Waals surface area contributed by atoms with Crippen molar-refractivity contribution in [3.63, 3.8) is 0 Å². The lowest BCUT2D eigenvalue weighted by Gasteiger charge is -2.26. The molecule has 6 nitrogen and oxygen atoms in total. The molecule has 25 heavy (non-hydrogen) atoms. The van der Waals surface area contributed by atoms with Gasteiger partial charge in [0.2, 0.25) is 0 Å². The Morgan fingerprint density at radius 3 is 2.64 bits per heavy atom. The molecular weight excluding hydrogens is 318 g/mol. The maximum absolute atomic E-state index is 12.5. The highest BCUT2D eigenvalue weighted by Crippen LogP contribution is 2.23. The van der Waals surface area contributed by atoms with E-state index in [2.05, 4.69) is 10.3 Å². The van der Waals surface area contributed by atoms with Gasteiger partial charge in [-0.05, 0) is 43.5 Å². The van der Waals surface area contributed by atoms with Gasteiger partial charge < -0.3 is 15.0 Å². The van der Waals surface area contributed by atoms with Crippen LogP contribution in [0.4, 0.5) is 5.69 Å². The van der Waals surface area contributed by atoms with Crippen LogP contribution in [0.25, 0.3) is 0 Å². The molecule has 0 radical (unpaired) electrons. The predicted molar refractivity (Wildman–Crippen MR) is 94.9 cm³/mol. The van der Waals surface area contributed by atoms with E-state index in [9.17, 15) is 9.59 Å². The normalized spacial score (nSPS) is 14.0. The summed E-state index contributed by atoms with van der Waals surface area (Å²) < 4.78 is 5.24. The van der Waals surface area contributed by atoms with Crippen LogP contribution in [0.1, 0.15) is 40.1 Å². The number of para-hydroxylation sites is 2. The fourth-order valence-corrected chi connectivity index (χ4v) is 2.89. The van der Waals surface area contributed by atoms with E-state index in [-0.39, 0.29) is 11.8 Å². The van der Waals surface area contributed by atoms with E-state index < -0.39 is 0 Å². The van der Waals surface area contributed by atoms with Gasteiger partial charge in [0.1, 0.15) is 11.4 Å². The molecular formula is C19H21N3O3. The number of nitrogens with zero attached hydrogens (tertiary/aromatic N) is 2. The van der Waals surface area contributed by atoms with Gasteiger partial charge in [0, 0.05) is 24.8 Å². The summed E-state index contributed by atoms with van der Waals surface area (Å²) in [7, 11) is 1.55. The number of hydrogen-bond acceptors (Lipinski definition) is 4. The van der Waals surface area contributed by atoms with Gasteiger partial charge in [-0.1, -0.05) is 12.1 Å². The molecule has 0 atom stereocenters. The lowest BCUT2D eigenvalue weighted by Crippen LogP contribution is -2.36. The molecule has 1 fully saturated rings. The maximum atomic E-state index is 12.5. The zero-order chi connectivity index (χ0) is 17.6. The van der Waals surface area contributed by atoms with Crippen LogP contribution in [0, 0.1) is 0 Å². The number of piperidine rings is 1. The predicted octanol–water partition coefficient (Wildman–Crippen LogP) is 2.97. The highest BCUT2D eigenvalue weighted by molar-refractivity contribution is 6.06. The highest BCUT2D eigenvalue weighted by Gasteiger charge is 2.20. The maximum Gasteiger partial charge on any atom is 0.272 e. The summed E-state index contributed by atoms with van der Waals surface area (Å²) in [6, 6.07) is 10.3. The van der Waals surface area contributed by atoms with Crippen LogP contribution in [0.5, 0.6) is 5.75 Å². The molecule has 1 saturated heterocycles. The minimum Gasteiger partial charge on any atom is -0.495 e. The molecule has 2 aromatic rings. The SMILES string of the molecule is COc1ccccc1NC(=O)c1ccnc(C(=O)N2CCCCC2)c1. The van der Waals surface area contributed by atoms with E-state index in [4.69, 9.17) is 4.74 Å². The van der Waals surface area contributed by atoms with Crippen molar-refractivity contribution in [2.24, 2.45) is 0 Å². The van der Waals surface area contributed by atoms with Crippen molar-refractivity contribution in [3.05, 3.63) is 53.9 Å². The van der Waals surface area contributed by atoms with Gasteiger partial charge in [0.15, 0.2) is 0 Å². The van der Waals surface area contributed by atoms with Gasteiger partial charge in [-0.3, -0.25) is 14.6 Å². The number of pyridine rings is 1. The first-order valence-electron chi connectivity index (χ1n) is 8.39. The number of carbonyl (C=O) groups excluding carboxylic acids is 2. The number of anilines is 1. The van der Waals surface area contributed by atoms with Crippen molar-refractivity contribution in [2.45, 2.75) is 19.3 Å². The van der Waals surface area contributed by atoms with Crippen molar-refractivity contribution in [3.8, 4) is 5.75 Å². The minimum absolute atomic E-state index is 0.119. The van der Waals surface area contributed by atoms with Crippen LogP contribution in [0.15, 0.2) is 42.6 Å². The van der Waals surface area contributed by atoms with Gasteiger partial charge in [-0.2, -0.15) is 0 Å². The molecule has 0 aliphatic carbocycles. The molecule has 1 aliphatic heterocycles. The Labute approximate surface area is 146 Å². The molecule has 6 heteroatoms. The van der Waals surface area contributed by atoms with Crippen LogP contribution in [-0.2, 0) is 0 Å². The van der Waals surface area contributed by atoms with E-state index >= 15 is 0 Å². The summed E-state index contributed by atoms with van der Waals surface area (Å²) in [6.07, 6.45) is 4.67. The zero-order valence-electron chi connectivity index (χ0n) is 14.2. The van der Waals surface area contributed by atoms with E-state index in [0.717, 1.165) is 32.4 Å². The first kappa shape index (κ1) is 17.0. The number of methoxy groups -OCH3 is 1. The number of ether oxygens (including phenoxy) is 1. The Hall–Kier alpha value is -2.89. The molecule has 0 saturated carbocycles. The summed E-state index contributed by atoms with van der Waals surface area (Å²) in [5, 5.41) is 2.81. The monoisotopic (exact) mass is 339 g/mol. The summed E-state index contributed by atoms with van der Waals surface area (Å²) in [6.45, 7) is 1.50. The molecule has 0 bridgehead atoms. The van der Waals surface area contributed by atoms with E-state index in [1.807, 2.05) is 12.1 Å². The third-order valence-electron chi connectivity index (χ3n) is 4.24. The van der Waals surface area contributed by atoms with Crippen molar-refractivity contribution in [2.75, 3.05) is 25.5 Å². The second-order valence-electron chi connectivity index (χ2n) is 5.94. The van der Waals surface area contributed by atoms with Crippen LogP contribution < -0.4 is 10.1 Å². The summed E-state index contributed by atoms with van der Waals surface area (Å²) >= 11 is 0. The van der Waals surface area contributed by atoms with Crippen molar-refractivity contribution >= 4 is 17.5 Å². The molecule has 0 unspecified atom stereocenters. The smallest absolute Gasteiger partial charge is 0.272 e. The second-order valence-corrected chi connectivity index (χ2v) is 5.94. The molecule has 1 N–H and O–H groups in total. The molecule has 1 aromatic carbocycles. The Morgan fingerprint density at radius 1 is 1.12 bits per heavy atom. The Morgan fingerprint density at radius 2 is 1.88 bits per heavy atom. The molecule has 3 rings (SSSR count). The third kappa shape index (κ3) is 3.96. The molecule has 1 aliphatic rings. The van der Waals surface area contributed by atoms with E-state index in [1.165, 1.54) is 6.20 Å². The molecule has 0 spiro atoms. The summed E-state index contributed by atoms with van der Waals surface area (Å²) in [5.41, 5.74) is 1.27. The van der Waals surface area contributed by atoms with Crippen LogP contribution in [0.3, 0.4) is 0 Å². The first-order valence-corrected chi connectivity index (χ1v) is 8.39. The fourth-order valence-electron chi connectivity index (χ4n) is 2.89. The zero-order valence-corrected chi connectivity index (χ0v) is 14.2. The van der Waals surface area contributed by atoms with Gasteiger partial charge in [0.05, 0.1) is 12.8 Å². The van der Waals surface area contributed by atoms with Crippen molar-refractivity contribution in [1.29, 1.82) is 0 Å². The second kappa shape index (κ2) is 7.79. The van der Waals surface area contributed by atoms with Crippen LogP contribution >= 0.6 is 0 Å². The number of rotatable bonds is 4. The lowest BCUT2D eigenvalue weighted by molar-refractivity contribution is 0.0718. The van der Waals surface area contributed by atoms with Gasteiger partial charge in [-0.15, -0.1) is 0 Å². The van der Waals surface area contributed by atoms with E-state index in [0.29, 0.717) is 22.7 Å². The molecule has 1 aromatic heterocycles. The summed E-state index contributed by atoms with van der Waals surface area (Å²) in [5.74, 6) is 0.153. The Kier molecular flexibility index (Phi) is 5.28. The molecule has 2 amide bonds. The molecule has 130 valence electrons. The van der Waals surface area contributed by atoms with Crippen molar-refractivity contribution in [1.82, 2.24) is 9.88 Å². The Balaban J connectivity index is 1.76. The standard InChI is InChI=1S/C19H21N3O3/c1-25-17-8-4-3-7-15(17)21-18(23)14-9-10-20-16(13-14)19(24)22-11-5-2-6-12-22/h3-4,7-10,13H,2,5-6,11-12H2,1H3,(H,21,23). The number of nitrogens with one attached hydrogen (secondary N) is 1. The number of carbonyl (C=O) groups is 2. The van der Waals surface area contributed by atoms with Crippen LogP contribution in [0.2, 0.25) is 0 Å². The van der Waals surface area contributed by atoms with Crippen LogP contribution in [-0.4, -0.2) is 41.9 Å². The topological polar surface area (TPSA) is 71.5 Å². The Bertz CT molecular complexity index is 770. The third-order valence-corrected chi connectivity index (χ3v) is 4.24. The van der Waals surface area contributed by atoms with E-state index in [1.54, 1.807) is 36.3 Å². The number of aromatic nitrogens is 1. The minimum atomic E-state index is -0.306. The largest absolute Gasteiger partial charge is 0.495 e. The number of hydrogen-bond donors (Lipinski definition) is 1. The highest BCUT2D eigenvalue weighted by atomic mass is 16.5. The van der Waals surface area contributed by atoms with Gasteiger partial charge in [-0.25, -0.2) is 0 Å². The number of likely N-dealkylation sites (tertiary alicyclic amines) is 1. The van der Waals surface area contributed by atoms with Crippen molar-refractivity contribution < 1.29 is 14.3 Å².